The first-order valence-electron chi connectivity index (χ1n) is 8.62. The number of rotatable bonds is 5. The highest BCUT2D eigenvalue weighted by molar-refractivity contribution is 5.97. The van der Waals surface area contributed by atoms with Gasteiger partial charge in [0.2, 0.25) is 0 Å². The Hall–Kier alpha value is -2.53. The Morgan fingerprint density at radius 3 is 2.52 bits per heavy atom. The largest absolute Gasteiger partial charge is 0.507 e. The molecule has 2 aromatic rings. The monoisotopic (exact) mass is 340 g/mol. The average Bonchev–Trinajstić information content (AvgIpc) is 2.65. The van der Waals surface area contributed by atoms with E-state index in [1.54, 1.807) is 18.2 Å². The smallest absolute Gasteiger partial charge is 0.257 e. The van der Waals surface area contributed by atoms with E-state index in [0.29, 0.717) is 25.3 Å². The number of nitrogens with zero attached hydrogens (tertiary/aromatic N) is 2. The lowest BCUT2D eigenvalue weighted by molar-refractivity contribution is 0.0617. The summed E-state index contributed by atoms with van der Waals surface area (Å²) < 4.78 is 5.73. The number of para-hydroxylation sites is 1. The second-order valence-electron chi connectivity index (χ2n) is 6.32. The lowest BCUT2D eigenvalue weighted by Gasteiger charge is -2.34. The molecule has 1 aliphatic heterocycles. The SMILES string of the molecule is Cc1ccc(O)c(C(=O)N2CCN(CCOc3ccccc3)CC2)c1. The second kappa shape index (κ2) is 8.03. The summed E-state index contributed by atoms with van der Waals surface area (Å²) in [6.45, 7) is 6.35. The number of piperazine rings is 1. The summed E-state index contributed by atoms with van der Waals surface area (Å²) in [6, 6.07) is 14.9. The van der Waals surface area contributed by atoms with Gasteiger partial charge in [-0.2, -0.15) is 0 Å². The van der Waals surface area contributed by atoms with Crippen molar-refractivity contribution in [3.05, 3.63) is 59.7 Å². The van der Waals surface area contributed by atoms with Crippen molar-refractivity contribution < 1.29 is 14.6 Å². The zero-order valence-corrected chi connectivity index (χ0v) is 14.5. The molecule has 1 heterocycles. The van der Waals surface area contributed by atoms with Gasteiger partial charge in [-0.15, -0.1) is 0 Å². The molecule has 0 unspecified atom stereocenters. The fourth-order valence-electron chi connectivity index (χ4n) is 2.98. The molecule has 0 aliphatic carbocycles. The zero-order valence-electron chi connectivity index (χ0n) is 14.5. The first-order chi connectivity index (χ1) is 12.1. The molecule has 0 spiro atoms. The molecule has 3 rings (SSSR count). The van der Waals surface area contributed by atoms with E-state index in [0.717, 1.165) is 30.9 Å². The molecule has 132 valence electrons. The molecular formula is C20H24N2O3. The molecule has 5 nitrogen and oxygen atoms in total. The minimum atomic E-state index is -0.0959. The van der Waals surface area contributed by atoms with Crippen LogP contribution < -0.4 is 4.74 Å². The minimum Gasteiger partial charge on any atom is -0.507 e. The molecule has 1 amide bonds. The predicted molar refractivity (Wildman–Crippen MR) is 97.1 cm³/mol. The maximum absolute atomic E-state index is 12.6. The van der Waals surface area contributed by atoms with Crippen molar-refractivity contribution >= 4 is 5.91 Å². The van der Waals surface area contributed by atoms with Crippen molar-refractivity contribution in [2.45, 2.75) is 6.92 Å². The van der Waals surface area contributed by atoms with Crippen molar-refractivity contribution in [3.63, 3.8) is 0 Å². The fraction of sp³-hybridized carbons (Fsp3) is 0.350. The quantitative estimate of drug-likeness (QED) is 0.909. The number of phenols is 1. The van der Waals surface area contributed by atoms with Crippen molar-refractivity contribution in [2.24, 2.45) is 0 Å². The van der Waals surface area contributed by atoms with Crippen LogP contribution in [0.5, 0.6) is 11.5 Å². The van der Waals surface area contributed by atoms with Crippen LogP contribution in [0.2, 0.25) is 0 Å². The van der Waals surface area contributed by atoms with Crippen LogP contribution in [0.4, 0.5) is 0 Å². The molecule has 1 saturated heterocycles. The van der Waals surface area contributed by atoms with E-state index in [9.17, 15) is 9.90 Å². The van der Waals surface area contributed by atoms with Gasteiger partial charge in [0.25, 0.3) is 5.91 Å². The highest BCUT2D eigenvalue weighted by atomic mass is 16.5. The molecule has 1 aliphatic rings. The summed E-state index contributed by atoms with van der Waals surface area (Å²) in [6.07, 6.45) is 0. The number of carbonyl (C=O) groups is 1. The van der Waals surface area contributed by atoms with E-state index >= 15 is 0 Å². The number of benzene rings is 2. The highest BCUT2D eigenvalue weighted by Crippen LogP contribution is 2.21. The van der Waals surface area contributed by atoms with Gasteiger partial charge in [0, 0.05) is 32.7 Å². The Kier molecular flexibility index (Phi) is 5.56. The number of ether oxygens (including phenoxy) is 1. The van der Waals surface area contributed by atoms with E-state index in [1.807, 2.05) is 42.2 Å². The molecule has 2 aromatic carbocycles. The van der Waals surface area contributed by atoms with Crippen LogP contribution in [0, 0.1) is 6.92 Å². The van der Waals surface area contributed by atoms with Crippen LogP contribution in [0.3, 0.4) is 0 Å². The van der Waals surface area contributed by atoms with Crippen molar-refractivity contribution in [1.29, 1.82) is 0 Å². The number of hydrogen-bond donors (Lipinski definition) is 1. The summed E-state index contributed by atoms with van der Waals surface area (Å²) >= 11 is 0. The van der Waals surface area contributed by atoms with Crippen LogP contribution in [0.25, 0.3) is 0 Å². The standard InChI is InChI=1S/C20H24N2O3/c1-16-7-8-19(23)18(15-16)20(24)22-11-9-21(10-12-22)13-14-25-17-5-3-2-4-6-17/h2-8,15,23H,9-14H2,1H3. The lowest BCUT2D eigenvalue weighted by atomic mass is 10.1. The van der Waals surface area contributed by atoms with E-state index in [-0.39, 0.29) is 11.7 Å². The van der Waals surface area contributed by atoms with E-state index in [2.05, 4.69) is 4.90 Å². The van der Waals surface area contributed by atoms with Gasteiger partial charge in [-0.25, -0.2) is 0 Å². The molecular weight excluding hydrogens is 316 g/mol. The number of amides is 1. The van der Waals surface area contributed by atoms with Gasteiger partial charge in [-0.3, -0.25) is 9.69 Å². The number of phenolic OH excluding ortho intramolecular Hbond substituents is 1. The van der Waals surface area contributed by atoms with Crippen molar-refractivity contribution in [1.82, 2.24) is 9.80 Å². The lowest BCUT2D eigenvalue weighted by Crippen LogP contribution is -2.49. The number of aromatic hydroxyl groups is 1. The van der Waals surface area contributed by atoms with Gasteiger partial charge in [0.05, 0.1) is 5.56 Å². The Labute approximate surface area is 148 Å². The maximum atomic E-state index is 12.6. The molecule has 25 heavy (non-hydrogen) atoms. The topological polar surface area (TPSA) is 53.0 Å². The molecule has 0 radical (unpaired) electrons. The van der Waals surface area contributed by atoms with Gasteiger partial charge in [0.15, 0.2) is 0 Å². The van der Waals surface area contributed by atoms with Crippen molar-refractivity contribution in [3.8, 4) is 11.5 Å². The number of aryl methyl sites for hydroxylation is 1. The second-order valence-corrected chi connectivity index (χ2v) is 6.32. The van der Waals surface area contributed by atoms with Crippen LogP contribution >= 0.6 is 0 Å². The molecule has 0 aromatic heterocycles. The molecule has 0 bridgehead atoms. The Balaban J connectivity index is 1.47. The number of hydrogen-bond acceptors (Lipinski definition) is 4. The summed E-state index contributed by atoms with van der Waals surface area (Å²) in [7, 11) is 0. The Morgan fingerprint density at radius 2 is 1.80 bits per heavy atom. The average molecular weight is 340 g/mol. The van der Waals surface area contributed by atoms with Gasteiger partial charge >= 0.3 is 0 Å². The van der Waals surface area contributed by atoms with Gasteiger partial charge < -0.3 is 14.7 Å². The summed E-state index contributed by atoms with van der Waals surface area (Å²) in [5.74, 6) is 0.835. The fourth-order valence-corrected chi connectivity index (χ4v) is 2.98. The normalized spacial score (nSPS) is 15.2. The Morgan fingerprint density at radius 1 is 1.08 bits per heavy atom. The third-order valence-corrected chi connectivity index (χ3v) is 4.46. The predicted octanol–water partition coefficient (Wildman–Crippen LogP) is 2.54. The molecule has 0 saturated carbocycles. The van der Waals surface area contributed by atoms with Crippen LogP contribution in [0.15, 0.2) is 48.5 Å². The van der Waals surface area contributed by atoms with Crippen LogP contribution in [0.1, 0.15) is 15.9 Å². The van der Waals surface area contributed by atoms with Gasteiger partial charge in [-0.05, 0) is 31.2 Å². The highest BCUT2D eigenvalue weighted by Gasteiger charge is 2.23. The van der Waals surface area contributed by atoms with Gasteiger partial charge in [-0.1, -0.05) is 29.8 Å². The van der Waals surface area contributed by atoms with Crippen molar-refractivity contribution in [2.75, 3.05) is 39.3 Å². The molecule has 1 fully saturated rings. The molecule has 5 heteroatoms. The first-order valence-corrected chi connectivity index (χ1v) is 8.62. The zero-order chi connectivity index (χ0) is 17.6. The third kappa shape index (κ3) is 4.51. The van der Waals surface area contributed by atoms with Gasteiger partial charge in [0.1, 0.15) is 18.1 Å². The first kappa shape index (κ1) is 17.3. The molecule has 1 N–H and O–H groups in total. The maximum Gasteiger partial charge on any atom is 0.257 e. The van der Waals surface area contributed by atoms with E-state index in [1.165, 1.54) is 0 Å². The van der Waals surface area contributed by atoms with Crippen LogP contribution in [-0.4, -0.2) is 60.1 Å². The van der Waals surface area contributed by atoms with Crippen LogP contribution in [-0.2, 0) is 0 Å². The minimum absolute atomic E-state index is 0.0503. The van der Waals surface area contributed by atoms with E-state index < -0.39 is 0 Å². The summed E-state index contributed by atoms with van der Waals surface area (Å²) in [4.78, 5) is 16.7. The van der Waals surface area contributed by atoms with E-state index in [4.69, 9.17) is 4.74 Å². The number of carbonyl (C=O) groups excluding carboxylic acids is 1. The molecule has 0 atom stereocenters. The third-order valence-electron chi connectivity index (χ3n) is 4.46. The summed E-state index contributed by atoms with van der Waals surface area (Å²) in [5, 5.41) is 9.94. The Bertz CT molecular complexity index is 710. The summed E-state index contributed by atoms with van der Waals surface area (Å²) in [5.41, 5.74) is 1.36.